The number of carbonyl (C=O) groups is 1. The fraction of sp³-hybridized carbons (Fsp3) is 0.300. The van der Waals surface area contributed by atoms with Crippen LogP contribution in [0, 0.1) is 0 Å². The lowest BCUT2D eigenvalue weighted by Crippen LogP contribution is -2.42. The van der Waals surface area contributed by atoms with Crippen LogP contribution in [0.3, 0.4) is 0 Å². The lowest BCUT2D eigenvalue weighted by Gasteiger charge is -2.19. The molecule has 0 amide bonds. The van der Waals surface area contributed by atoms with Gasteiger partial charge in [0.25, 0.3) is 0 Å². The second-order valence-corrected chi connectivity index (χ2v) is 6.99. The molecule has 0 aliphatic heterocycles. The van der Waals surface area contributed by atoms with Crippen molar-refractivity contribution in [2.45, 2.75) is 17.2 Å². The van der Waals surface area contributed by atoms with Gasteiger partial charge in [0, 0.05) is 0 Å². The van der Waals surface area contributed by atoms with E-state index in [2.05, 4.69) is 21.2 Å². The summed E-state index contributed by atoms with van der Waals surface area (Å²) < 4.78 is 9.55. The van der Waals surface area contributed by atoms with E-state index >= 15 is 0 Å². The van der Waals surface area contributed by atoms with E-state index in [0.717, 1.165) is 5.56 Å². The fourth-order valence-corrected chi connectivity index (χ4v) is 2.02. The Morgan fingerprint density at radius 2 is 1.89 bits per heavy atom. The summed E-state index contributed by atoms with van der Waals surface area (Å²) >= 11 is 2.74. The highest BCUT2D eigenvalue weighted by molar-refractivity contribution is 9.10. The summed E-state index contributed by atoms with van der Waals surface area (Å²) in [6.45, 7) is 0. The summed E-state index contributed by atoms with van der Waals surface area (Å²) in [6.07, 6.45) is 0.137. The third-order valence-electron chi connectivity index (χ3n) is 2.21. The Morgan fingerprint density at radius 1 is 1.33 bits per heavy atom. The third kappa shape index (κ3) is 4.88. The summed E-state index contributed by atoms with van der Waals surface area (Å²) in [5.41, 5.74) is 0.766. The summed E-state index contributed by atoms with van der Waals surface area (Å²) in [6, 6.07) is 7.75. The van der Waals surface area contributed by atoms with E-state index in [1.54, 1.807) is 30.3 Å². The molecule has 4 N–H and O–H groups in total. The molecule has 0 aliphatic carbocycles. The first-order valence-corrected chi connectivity index (χ1v) is 7.62. The number of rotatable bonds is 6. The van der Waals surface area contributed by atoms with Crippen LogP contribution in [-0.2, 0) is 15.8 Å². The van der Waals surface area contributed by atoms with Gasteiger partial charge in [-0.15, -0.1) is 0 Å². The number of hydrogen-bond donors (Lipinski definition) is 4. The van der Waals surface area contributed by atoms with E-state index in [4.69, 9.17) is 14.9 Å². The average Bonchev–Trinajstić information content (AvgIpc) is 2.28. The summed E-state index contributed by atoms with van der Waals surface area (Å²) in [5, 5.41) is 11.4. The molecule has 2 atom stereocenters. The molecule has 1 rings (SSSR count). The Bertz CT molecular complexity index is 449. The molecule has 0 saturated carbocycles. The van der Waals surface area contributed by atoms with E-state index < -0.39 is 24.3 Å². The third-order valence-corrected chi connectivity index (χ3v) is 4.82. The van der Waals surface area contributed by atoms with Crippen LogP contribution in [0.2, 0.25) is 0 Å². The Labute approximate surface area is 112 Å². The number of carboxylic acid groups (broad SMARTS) is 1. The van der Waals surface area contributed by atoms with Crippen molar-refractivity contribution in [3.63, 3.8) is 0 Å². The highest BCUT2D eigenvalue weighted by Gasteiger charge is 2.30. The smallest absolute Gasteiger partial charge is 0.353 e. The predicted octanol–water partition coefficient (Wildman–Crippen LogP) is 1.13. The van der Waals surface area contributed by atoms with Crippen LogP contribution in [0.4, 0.5) is 0 Å². The van der Waals surface area contributed by atoms with Crippen LogP contribution >= 0.6 is 23.5 Å². The molecule has 0 saturated heterocycles. The molecule has 0 bridgehead atoms. The number of aliphatic carboxylic acids is 1. The van der Waals surface area contributed by atoms with E-state index in [0.29, 0.717) is 0 Å². The lowest BCUT2D eigenvalue weighted by molar-refractivity contribution is -0.139. The maximum absolute atomic E-state index is 11.0. The molecule has 0 aromatic heterocycles. The van der Waals surface area contributed by atoms with Crippen molar-refractivity contribution in [2.24, 2.45) is 0 Å². The van der Waals surface area contributed by atoms with E-state index in [-0.39, 0.29) is 6.42 Å². The summed E-state index contributed by atoms with van der Waals surface area (Å²) in [5.74, 6) is -1.17. The maximum Gasteiger partial charge on any atom is 0.353 e. The van der Waals surface area contributed by atoms with Gasteiger partial charge in [-0.3, -0.25) is 14.7 Å². The first kappa shape index (κ1) is 15.3. The number of halogens is 1. The first-order chi connectivity index (χ1) is 8.30. The second-order valence-electron chi connectivity index (χ2n) is 3.67. The van der Waals surface area contributed by atoms with Crippen molar-refractivity contribution in [3.05, 3.63) is 35.9 Å². The molecule has 2 unspecified atom stereocenters. The van der Waals surface area contributed by atoms with Crippen LogP contribution in [-0.4, -0.2) is 31.6 Å². The minimum Gasteiger partial charge on any atom is -0.480 e. The van der Waals surface area contributed by atoms with Gasteiger partial charge in [0.1, 0.15) is 6.04 Å². The number of alkyl halides is 1. The molecular formula is C10H13BrNO5P. The minimum absolute atomic E-state index is 0.137. The average molecular weight is 338 g/mol. The molecule has 0 aliphatic rings. The van der Waals surface area contributed by atoms with Gasteiger partial charge in [0.2, 0.25) is 0 Å². The molecule has 0 radical (unpaired) electrons. The van der Waals surface area contributed by atoms with Gasteiger partial charge in [-0.05, 0) is 12.0 Å². The van der Waals surface area contributed by atoms with Gasteiger partial charge < -0.3 is 14.9 Å². The molecule has 0 spiro atoms. The molecule has 6 nitrogen and oxygen atoms in total. The minimum atomic E-state index is -4.41. The quantitative estimate of drug-likeness (QED) is 0.352. The Morgan fingerprint density at radius 3 is 2.33 bits per heavy atom. The van der Waals surface area contributed by atoms with E-state index in [9.17, 15) is 9.36 Å². The van der Waals surface area contributed by atoms with E-state index in [1.807, 2.05) is 0 Å². The van der Waals surface area contributed by atoms with Crippen LogP contribution in [0.1, 0.15) is 5.56 Å². The highest BCUT2D eigenvalue weighted by Crippen LogP contribution is 2.43. The van der Waals surface area contributed by atoms with Crippen molar-refractivity contribution in [1.82, 2.24) is 5.32 Å². The molecule has 18 heavy (non-hydrogen) atoms. The highest BCUT2D eigenvalue weighted by atomic mass is 79.9. The molecule has 0 heterocycles. The second kappa shape index (κ2) is 6.45. The van der Waals surface area contributed by atoms with Gasteiger partial charge in [0.15, 0.2) is 4.69 Å². The molecule has 0 fully saturated rings. The molecular weight excluding hydrogens is 325 g/mol. The zero-order valence-electron chi connectivity index (χ0n) is 9.23. The van der Waals surface area contributed by atoms with Gasteiger partial charge in [-0.2, -0.15) is 0 Å². The van der Waals surface area contributed by atoms with Crippen molar-refractivity contribution in [2.75, 3.05) is 0 Å². The number of carboxylic acids is 1. The zero-order valence-corrected chi connectivity index (χ0v) is 11.7. The number of benzene rings is 1. The van der Waals surface area contributed by atoms with Crippen LogP contribution in [0.25, 0.3) is 0 Å². The molecule has 1 aromatic carbocycles. The zero-order chi connectivity index (χ0) is 13.8. The molecule has 100 valence electrons. The monoisotopic (exact) mass is 337 g/mol. The molecule has 8 heteroatoms. The lowest BCUT2D eigenvalue weighted by atomic mass is 10.1. The van der Waals surface area contributed by atoms with Crippen LogP contribution < -0.4 is 5.32 Å². The predicted molar refractivity (Wildman–Crippen MR) is 69.5 cm³/mol. The van der Waals surface area contributed by atoms with Crippen molar-refractivity contribution in [3.8, 4) is 0 Å². The van der Waals surface area contributed by atoms with E-state index in [1.165, 1.54) is 0 Å². The Balaban J connectivity index is 2.73. The largest absolute Gasteiger partial charge is 0.480 e. The SMILES string of the molecule is O=C(O)C(Cc1ccccc1)NC(Br)P(=O)(O)O. The fourth-order valence-electron chi connectivity index (χ4n) is 1.33. The normalized spacial score (nSPS) is 15.1. The Kier molecular flexibility index (Phi) is 5.49. The topological polar surface area (TPSA) is 107 Å². The first-order valence-electron chi connectivity index (χ1n) is 5.03. The number of nitrogens with one attached hydrogen (secondary N) is 1. The van der Waals surface area contributed by atoms with Gasteiger partial charge >= 0.3 is 13.6 Å². The van der Waals surface area contributed by atoms with Gasteiger partial charge in [0.05, 0.1) is 0 Å². The Hall–Kier alpha value is -0.720. The standard InChI is InChI=1S/C10H13BrNO5P/c11-10(18(15,16)17)12-8(9(13)14)6-7-4-2-1-3-5-7/h1-5,8,10,12H,6H2,(H,13,14)(H2,15,16,17). The molecule has 1 aromatic rings. The van der Waals surface area contributed by atoms with Crippen LogP contribution in [0.15, 0.2) is 30.3 Å². The van der Waals surface area contributed by atoms with Gasteiger partial charge in [-0.1, -0.05) is 46.3 Å². The van der Waals surface area contributed by atoms with Gasteiger partial charge in [-0.25, -0.2) is 0 Å². The van der Waals surface area contributed by atoms with Crippen LogP contribution in [0.5, 0.6) is 0 Å². The summed E-state index contributed by atoms with van der Waals surface area (Å²) in [7, 11) is -4.41. The number of hydrogen-bond acceptors (Lipinski definition) is 3. The van der Waals surface area contributed by atoms with Crippen molar-refractivity contribution >= 4 is 29.5 Å². The van der Waals surface area contributed by atoms with Crippen molar-refractivity contribution in [1.29, 1.82) is 0 Å². The maximum atomic E-state index is 11.0. The van der Waals surface area contributed by atoms with Crippen molar-refractivity contribution < 1.29 is 24.3 Å². The summed E-state index contributed by atoms with van der Waals surface area (Å²) in [4.78, 5) is 28.8.